The second-order valence-corrected chi connectivity index (χ2v) is 5.96. The maximum atomic E-state index is 12.1. The number of nitrogens with one attached hydrogen (secondary N) is 1. The zero-order valence-corrected chi connectivity index (χ0v) is 13.7. The van der Waals surface area contributed by atoms with Crippen LogP contribution < -0.4 is 5.32 Å². The first-order chi connectivity index (χ1) is 12.2. The van der Waals surface area contributed by atoms with Crippen molar-refractivity contribution in [3.63, 3.8) is 0 Å². The first-order valence-corrected chi connectivity index (χ1v) is 8.25. The Labute approximate surface area is 146 Å². The Morgan fingerprint density at radius 2 is 1.84 bits per heavy atom. The number of nitrogens with zero attached hydrogens (tertiary/aromatic N) is 1. The molecule has 2 aromatic rings. The maximum absolute atomic E-state index is 12.1. The monoisotopic (exact) mass is 334 g/mol. The number of rotatable bonds is 4. The van der Waals surface area contributed by atoms with Crippen LogP contribution in [0.1, 0.15) is 39.9 Å². The van der Waals surface area contributed by atoms with Crippen LogP contribution in [0.4, 0.5) is 5.69 Å². The largest absolute Gasteiger partial charge is 0.452 e. The van der Waals surface area contributed by atoms with E-state index in [9.17, 15) is 9.59 Å². The average Bonchev–Trinajstić information content (AvgIpc) is 2.66. The van der Waals surface area contributed by atoms with Crippen LogP contribution in [0, 0.1) is 11.3 Å². The number of carbonyl (C=O) groups excluding carboxylic acids is 2. The molecule has 1 amide bonds. The van der Waals surface area contributed by atoms with Crippen molar-refractivity contribution >= 4 is 17.6 Å². The Hall–Kier alpha value is -3.13. The molecule has 0 atom stereocenters. The van der Waals surface area contributed by atoms with Gasteiger partial charge in [0.05, 0.1) is 17.2 Å². The molecule has 1 aliphatic carbocycles. The van der Waals surface area contributed by atoms with Crippen LogP contribution in [0.15, 0.2) is 42.5 Å². The third-order valence-electron chi connectivity index (χ3n) is 4.25. The predicted octanol–water partition coefficient (Wildman–Crippen LogP) is 3.23. The zero-order valence-electron chi connectivity index (χ0n) is 13.7. The van der Waals surface area contributed by atoms with Crippen LogP contribution in [-0.2, 0) is 22.4 Å². The van der Waals surface area contributed by atoms with Crippen molar-refractivity contribution in [2.24, 2.45) is 0 Å². The minimum absolute atomic E-state index is 0.309. The predicted molar refractivity (Wildman–Crippen MR) is 93.2 cm³/mol. The minimum Gasteiger partial charge on any atom is -0.452 e. The van der Waals surface area contributed by atoms with E-state index in [1.165, 1.54) is 41.8 Å². The van der Waals surface area contributed by atoms with Gasteiger partial charge in [-0.15, -0.1) is 0 Å². The van der Waals surface area contributed by atoms with Crippen LogP contribution in [-0.4, -0.2) is 18.5 Å². The highest BCUT2D eigenvalue weighted by Gasteiger charge is 2.15. The highest BCUT2D eigenvalue weighted by atomic mass is 16.5. The normalized spacial score (nSPS) is 12.6. The summed E-state index contributed by atoms with van der Waals surface area (Å²) in [6, 6.07) is 14.0. The molecule has 0 saturated heterocycles. The number of nitriles is 1. The Bertz CT molecular complexity index is 835. The smallest absolute Gasteiger partial charge is 0.338 e. The van der Waals surface area contributed by atoms with Crippen molar-refractivity contribution in [1.29, 1.82) is 5.26 Å². The highest BCUT2D eigenvalue weighted by Crippen LogP contribution is 2.27. The van der Waals surface area contributed by atoms with E-state index < -0.39 is 5.97 Å². The third-order valence-corrected chi connectivity index (χ3v) is 4.25. The van der Waals surface area contributed by atoms with Gasteiger partial charge in [-0.2, -0.15) is 5.26 Å². The van der Waals surface area contributed by atoms with Gasteiger partial charge in [0, 0.05) is 5.69 Å². The first-order valence-electron chi connectivity index (χ1n) is 8.25. The molecule has 1 aliphatic rings. The maximum Gasteiger partial charge on any atom is 0.338 e. The van der Waals surface area contributed by atoms with E-state index in [0.29, 0.717) is 11.1 Å². The van der Waals surface area contributed by atoms with E-state index in [1.54, 1.807) is 0 Å². The standard InChI is InChI=1S/C20H18N2O3/c21-12-14-8-10-16(11-9-14)20(24)25-13-19(23)22-18-7-3-5-15-4-1-2-6-17(15)18/h3,5,7-11H,1-2,4,6,13H2,(H,22,23). The summed E-state index contributed by atoms with van der Waals surface area (Å²) in [7, 11) is 0. The number of ether oxygens (including phenoxy) is 1. The van der Waals surface area contributed by atoms with E-state index >= 15 is 0 Å². The van der Waals surface area contributed by atoms with Crippen molar-refractivity contribution in [2.45, 2.75) is 25.7 Å². The van der Waals surface area contributed by atoms with Gasteiger partial charge in [-0.05, 0) is 67.1 Å². The SMILES string of the molecule is N#Cc1ccc(C(=O)OCC(=O)Nc2cccc3c2CCCC3)cc1. The second kappa shape index (κ2) is 7.63. The number of hydrogen-bond acceptors (Lipinski definition) is 4. The van der Waals surface area contributed by atoms with Crippen molar-refractivity contribution in [3.05, 3.63) is 64.7 Å². The number of benzene rings is 2. The number of fused-ring (bicyclic) bond motifs is 1. The molecule has 0 aliphatic heterocycles. The van der Waals surface area contributed by atoms with E-state index in [1.807, 2.05) is 18.2 Å². The zero-order chi connectivity index (χ0) is 17.6. The van der Waals surface area contributed by atoms with Gasteiger partial charge in [-0.3, -0.25) is 4.79 Å². The molecule has 0 fully saturated rings. The highest BCUT2D eigenvalue weighted by molar-refractivity contribution is 5.96. The summed E-state index contributed by atoms with van der Waals surface area (Å²) in [5.41, 5.74) is 4.03. The molecule has 3 rings (SSSR count). The van der Waals surface area contributed by atoms with E-state index in [-0.39, 0.29) is 12.5 Å². The van der Waals surface area contributed by atoms with Crippen LogP contribution >= 0.6 is 0 Å². The quantitative estimate of drug-likeness (QED) is 0.871. The van der Waals surface area contributed by atoms with Crippen LogP contribution in [0.5, 0.6) is 0 Å². The third kappa shape index (κ3) is 4.04. The molecule has 1 N–H and O–H groups in total. The Morgan fingerprint density at radius 3 is 2.60 bits per heavy atom. The summed E-state index contributed by atoms with van der Waals surface area (Å²) in [4.78, 5) is 24.1. The van der Waals surface area contributed by atoms with Gasteiger partial charge in [-0.25, -0.2) is 4.79 Å². The lowest BCUT2D eigenvalue weighted by molar-refractivity contribution is -0.119. The molecule has 0 radical (unpaired) electrons. The number of anilines is 1. The topological polar surface area (TPSA) is 79.2 Å². The number of esters is 1. The van der Waals surface area contributed by atoms with Gasteiger partial charge in [0.1, 0.15) is 0 Å². The molecule has 2 aromatic carbocycles. The van der Waals surface area contributed by atoms with Crippen molar-refractivity contribution in [1.82, 2.24) is 0 Å². The number of carbonyl (C=O) groups is 2. The van der Waals surface area contributed by atoms with E-state index in [4.69, 9.17) is 10.00 Å². The van der Waals surface area contributed by atoms with Gasteiger partial charge < -0.3 is 10.1 Å². The molecule has 0 heterocycles. The Balaban J connectivity index is 1.58. The fourth-order valence-electron chi connectivity index (χ4n) is 2.98. The summed E-state index contributed by atoms with van der Waals surface area (Å²) in [6.07, 6.45) is 4.28. The van der Waals surface area contributed by atoms with Crippen molar-refractivity contribution < 1.29 is 14.3 Å². The molecule has 0 spiro atoms. The summed E-state index contributed by atoms with van der Waals surface area (Å²) >= 11 is 0. The molecule has 5 nitrogen and oxygen atoms in total. The number of aryl methyl sites for hydroxylation is 1. The van der Waals surface area contributed by atoms with Crippen LogP contribution in [0.25, 0.3) is 0 Å². The molecule has 25 heavy (non-hydrogen) atoms. The van der Waals surface area contributed by atoms with E-state index in [2.05, 4.69) is 11.4 Å². The van der Waals surface area contributed by atoms with Crippen molar-refractivity contribution in [3.8, 4) is 6.07 Å². The molecule has 0 unspecified atom stereocenters. The molecule has 0 saturated carbocycles. The van der Waals surface area contributed by atoms with Gasteiger partial charge in [0.25, 0.3) is 5.91 Å². The average molecular weight is 334 g/mol. The molecular formula is C20H18N2O3. The molecule has 0 aromatic heterocycles. The molecule has 126 valence electrons. The summed E-state index contributed by atoms with van der Waals surface area (Å²) in [5.74, 6) is -0.948. The van der Waals surface area contributed by atoms with Gasteiger partial charge in [0.2, 0.25) is 0 Å². The molecular weight excluding hydrogens is 316 g/mol. The number of hydrogen-bond donors (Lipinski definition) is 1. The van der Waals surface area contributed by atoms with E-state index in [0.717, 1.165) is 24.9 Å². The van der Waals surface area contributed by atoms with Crippen LogP contribution in [0.3, 0.4) is 0 Å². The Morgan fingerprint density at radius 1 is 1.08 bits per heavy atom. The van der Waals surface area contributed by atoms with Crippen molar-refractivity contribution in [2.75, 3.05) is 11.9 Å². The lowest BCUT2D eigenvalue weighted by atomic mass is 9.90. The fraction of sp³-hybridized carbons (Fsp3) is 0.250. The van der Waals surface area contributed by atoms with Crippen LogP contribution in [0.2, 0.25) is 0 Å². The second-order valence-electron chi connectivity index (χ2n) is 5.96. The summed E-state index contributed by atoms with van der Waals surface area (Å²) in [5, 5.41) is 11.6. The molecule has 5 heteroatoms. The summed E-state index contributed by atoms with van der Waals surface area (Å²) < 4.78 is 5.05. The van der Waals surface area contributed by atoms with Gasteiger partial charge in [0.15, 0.2) is 6.61 Å². The summed E-state index contributed by atoms with van der Waals surface area (Å²) in [6.45, 7) is -0.345. The first kappa shape index (κ1) is 16.7. The number of amides is 1. The van der Waals surface area contributed by atoms with Gasteiger partial charge in [-0.1, -0.05) is 12.1 Å². The minimum atomic E-state index is -0.588. The van der Waals surface area contributed by atoms with Gasteiger partial charge >= 0.3 is 5.97 Å². The molecule has 0 bridgehead atoms. The lowest BCUT2D eigenvalue weighted by Crippen LogP contribution is -2.22. The fourth-order valence-corrected chi connectivity index (χ4v) is 2.98. The lowest BCUT2D eigenvalue weighted by Gasteiger charge is -2.19. The Kier molecular flexibility index (Phi) is 5.10.